The smallest absolute Gasteiger partial charge is 0.0276 e. The standard InChI is InChI=1S/C15H23N/c1-4-6-12-15(16-3)14(5-2)13-10-8-7-9-11-13/h7-11,14H,4-6,12H2,1-3H3. The van der Waals surface area contributed by atoms with Crippen molar-refractivity contribution in [1.82, 2.24) is 0 Å². The minimum Gasteiger partial charge on any atom is -0.297 e. The lowest BCUT2D eigenvalue weighted by Crippen LogP contribution is -2.12. The first-order chi connectivity index (χ1) is 7.83. The highest BCUT2D eigenvalue weighted by atomic mass is 14.7. The molecule has 0 amide bonds. The Labute approximate surface area is 99.6 Å². The summed E-state index contributed by atoms with van der Waals surface area (Å²) >= 11 is 0. The van der Waals surface area contributed by atoms with Crippen LogP contribution >= 0.6 is 0 Å². The van der Waals surface area contributed by atoms with E-state index in [-0.39, 0.29) is 0 Å². The Bertz CT molecular complexity index is 313. The highest BCUT2D eigenvalue weighted by molar-refractivity contribution is 5.90. The van der Waals surface area contributed by atoms with E-state index in [1.54, 1.807) is 0 Å². The summed E-state index contributed by atoms with van der Waals surface area (Å²) in [6.45, 7) is 4.48. The molecule has 0 N–H and O–H groups in total. The molecule has 1 aromatic carbocycles. The molecule has 16 heavy (non-hydrogen) atoms. The molecule has 0 heterocycles. The van der Waals surface area contributed by atoms with Crippen LogP contribution in [-0.4, -0.2) is 12.8 Å². The third-order valence-electron chi connectivity index (χ3n) is 3.09. The minimum atomic E-state index is 0.512. The topological polar surface area (TPSA) is 12.4 Å². The maximum absolute atomic E-state index is 4.49. The predicted molar refractivity (Wildman–Crippen MR) is 72.4 cm³/mol. The van der Waals surface area contributed by atoms with E-state index >= 15 is 0 Å². The zero-order valence-corrected chi connectivity index (χ0v) is 10.7. The summed E-state index contributed by atoms with van der Waals surface area (Å²) in [6.07, 6.45) is 4.76. The molecule has 1 unspecified atom stereocenters. The highest BCUT2D eigenvalue weighted by Gasteiger charge is 2.14. The quantitative estimate of drug-likeness (QED) is 0.625. The molecule has 0 fully saturated rings. The Hall–Kier alpha value is -1.11. The number of nitrogens with zero attached hydrogens (tertiary/aromatic N) is 1. The Morgan fingerprint density at radius 2 is 1.88 bits per heavy atom. The monoisotopic (exact) mass is 217 g/mol. The van der Waals surface area contributed by atoms with E-state index in [0.29, 0.717) is 5.92 Å². The molecule has 88 valence electrons. The van der Waals surface area contributed by atoms with Crippen molar-refractivity contribution in [3.05, 3.63) is 35.9 Å². The molecule has 1 aromatic rings. The maximum atomic E-state index is 4.49. The van der Waals surface area contributed by atoms with Crippen LogP contribution < -0.4 is 0 Å². The lowest BCUT2D eigenvalue weighted by molar-refractivity contribution is 0.771. The van der Waals surface area contributed by atoms with Gasteiger partial charge >= 0.3 is 0 Å². The van der Waals surface area contributed by atoms with Gasteiger partial charge < -0.3 is 0 Å². The van der Waals surface area contributed by atoms with Crippen LogP contribution in [0.3, 0.4) is 0 Å². The van der Waals surface area contributed by atoms with Gasteiger partial charge in [0.05, 0.1) is 0 Å². The van der Waals surface area contributed by atoms with Gasteiger partial charge in [-0.1, -0.05) is 50.6 Å². The molecule has 1 rings (SSSR count). The Kier molecular flexibility index (Phi) is 5.84. The van der Waals surface area contributed by atoms with Crippen molar-refractivity contribution >= 4 is 5.71 Å². The van der Waals surface area contributed by atoms with Crippen molar-refractivity contribution in [2.75, 3.05) is 7.05 Å². The van der Waals surface area contributed by atoms with E-state index in [2.05, 4.69) is 49.2 Å². The average Bonchev–Trinajstić information content (AvgIpc) is 2.35. The van der Waals surface area contributed by atoms with Crippen LogP contribution in [0.25, 0.3) is 0 Å². The molecule has 1 nitrogen and oxygen atoms in total. The van der Waals surface area contributed by atoms with Gasteiger partial charge in [0.15, 0.2) is 0 Å². The van der Waals surface area contributed by atoms with E-state index in [0.717, 1.165) is 12.8 Å². The summed E-state index contributed by atoms with van der Waals surface area (Å²) < 4.78 is 0. The van der Waals surface area contributed by atoms with E-state index in [9.17, 15) is 0 Å². The van der Waals surface area contributed by atoms with E-state index in [1.165, 1.54) is 24.1 Å². The van der Waals surface area contributed by atoms with Gasteiger partial charge in [-0.2, -0.15) is 0 Å². The molecule has 0 aliphatic carbocycles. The predicted octanol–water partition coefficient (Wildman–Crippen LogP) is 4.44. The van der Waals surface area contributed by atoms with Gasteiger partial charge in [0.2, 0.25) is 0 Å². The van der Waals surface area contributed by atoms with Crippen LogP contribution in [-0.2, 0) is 0 Å². The van der Waals surface area contributed by atoms with Gasteiger partial charge in [-0.25, -0.2) is 0 Å². The molecular formula is C15H23N. The number of hydrogen-bond acceptors (Lipinski definition) is 1. The van der Waals surface area contributed by atoms with Crippen molar-refractivity contribution in [2.24, 2.45) is 4.99 Å². The minimum absolute atomic E-state index is 0.512. The number of hydrogen-bond donors (Lipinski definition) is 0. The number of aliphatic imine (C=N–C) groups is 1. The van der Waals surface area contributed by atoms with Crippen molar-refractivity contribution in [2.45, 2.75) is 45.4 Å². The van der Waals surface area contributed by atoms with Crippen LogP contribution in [0, 0.1) is 0 Å². The summed E-state index contributed by atoms with van der Waals surface area (Å²) in [7, 11) is 1.93. The molecule has 0 saturated carbocycles. The second-order valence-corrected chi connectivity index (χ2v) is 4.19. The van der Waals surface area contributed by atoms with Crippen molar-refractivity contribution in [1.29, 1.82) is 0 Å². The highest BCUT2D eigenvalue weighted by Crippen LogP contribution is 2.23. The normalized spacial score (nSPS) is 13.8. The fourth-order valence-corrected chi connectivity index (χ4v) is 2.15. The summed E-state index contributed by atoms with van der Waals surface area (Å²) in [6, 6.07) is 10.7. The average molecular weight is 217 g/mol. The second kappa shape index (κ2) is 7.21. The first-order valence-electron chi connectivity index (χ1n) is 6.33. The molecule has 0 bridgehead atoms. The summed E-state index contributed by atoms with van der Waals surface area (Å²) in [4.78, 5) is 4.49. The first-order valence-corrected chi connectivity index (χ1v) is 6.33. The van der Waals surface area contributed by atoms with E-state index in [4.69, 9.17) is 0 Å². The fourth-order valence-electron chi connectivity index (χ4n) is 2.15. The lowest BCUT2D eigenvalue weighted by atomic mass is 9.89. The molecule has 0 aromatic heterocycles. The van der Waals surface area contributed by atoms with Gasteiger partial charge in [-0.3, -0.25) is 4.99 Å². The molecule has 0 saturated heterocycles. The zero-order chi connectivity index (χ0) is 11.8. The third-order valence-corrected chi connectivity index (χ3v) is 3.09. The van der Waals surface area contributed by atoms with Crippen LogP contribution in [0.15, 0.2) is 35.3 Å². The zero-order valence-electron chi connectivity index (χ0n) is 10.7. The maximum Gasteiger partial charge on any atom is 0.0276 e. The second-order valence-electron chi connectivity index (χ2n) is 4.19. The van der Waals surface area contributed by atoms with E-state index in [1.807, 2.05) is 7.05 Å². The van der Waals surface area contributed by atoms with Gasteiger partial charge in [-0.05, 0) is 24.8 Å². The SMILES string of the molecule is CCCCC(=NC)C(CC)c1ccccc1. The van der Waals surface area contributed by atoms with Crippen molar-refractivity contribution in [3.63, 3.8) is 0 Å². The van der Waals surface area contributed by atoms with Gasteiger partial charge in [-0.15, -0.1) is 0 Å². The summed E-state index contributed by atoms with van der Waals surface area (Å²) in [5.41, 5.74) is 2.76. The van der Waals surface area contributed by atoms with Gasteiger partial charge in [0.25, 0.3) is 0 Å². The summed E-state index contributed by atoms with van der Waals surface area (Å²) in [5.74, 6) is 0.512. The molecule has 0 spiro atoms. The Balaban J connectivity index is 2.80. The third kappa shape index (κ3) is 3.48. The number of rotatable bonds is 6. The van der Waals surface area contributed by atoms with Gasteiger partial charge in [0.1, 0.15) is 0 Å². The van der Waals surface area contributed by atoms with Crippen LogP contribution in [0.2, 0.25) is 0 Å². The van der Waals surface area contributed by atoms with Crippen molar-refractivity contribution in [3.8, 4) is 0 Å². The Morgan fingerprint density at radius 1 is 1.19 bits per heavy atom. The molecule has 0 aliphatic rings. The van der Waals surface area contributed by atoms with E-state index < -0.39 is 0 Å². The first kappa shape index (κ1) is 13.0. The molecule has 0 aliphatic heterocycles. The molecule has 0 radical (unpaired) electrons. The number of benzene rings is 1. The van der Waals surface area contributed by atoms with Crippen LogP contribution in [0.5, 0.6) is 0 Å². The fraction of sp³-hybridized carbons (Fsp3) is 0.533. The molecule has 1 heteroatoms. The largest absolute Gasteiger partial charge is 0.297 e. The molecular weight excluding hydrogens is 194 g/mol. The van der Waals surface area contributed by atoms with Crippen LogP contribution in [0.4, 0.5) is 0 Å². The molecule has 1 atom stereocenters. The lowest BCUT2D eigenvalue weighted by Gasteiger charge is -2.17. The van der Waals surface area contributed by atoms with Gasteiger partial charge in [0, 0.05) is 18.7 Å². The summed E-state index contributed by atoms with van der Waals surface area (Å²) in [5, 5.41) is 0. The Morgan fingerprint density at radius 3 is 2.38 bits per heavy atom. The number of unbranched alkanes of at least 4 members (excludes halogenated alkanes) is 1. The van der Waals surface area contributed by atoms with Crippen LogP contribution in [0.1, 0.15) is 51.0 Å². The van der Waals surface area contributed by atoms with Crippen molar-refractivity contribution < 1.29 is 0 Å².